The van der Waals surface area contributed by atoms with Crippen LogP contribution >= 0.6 is 11.6 Å². The highest BCUT2D eigenvalue weighted by atomic mass is 35.5. The molecule has 1 aromatic carbocycles. The number of benzene rings is 1. The molecule has 0 nitrogen and oxygen atoms in total. The van der Waals surface area contributed by atoms with Gasteiger partial charge in [0.25, 0.3) is 6.08 Å². The molecule has 0 spiro atoms. The van der Waals surface area contributed by atoms with E-state index in [0.717, 1.165) is 0 Å². The first-order chi connectivity index (χ1) is 6.91. The van der Waals surface area contributed by atoms with Gasteiger partial charge in [-0.15, -0.1) is 0 Å². The topological polar surface area (TPSA) is 0 Å². The second kappa shape index (κ2) is 4.66. The zero-order valence-electron chi connectivity index (χ0n) is 7.48. The lowest BCUT2D eigenvalue weighted by Gasteiger charge is -2.11. The summed E-state index contributed by atoms with van der Waals surface area (Å²) >= 11 is 4.57. The van der Waals surface area contributed by atoms with Crippen molar-refractivity contribution in [2.24, 2.45) is 0 Å². The predicted octanol–water partition coefficient (Wildman–Crippen LogP) is 4.21. The van der Waals surface area contributed by atoms with Crippen LogP contribution in [0.2, 0.25) is 0 Å². The van der Waals surface area contributed by atoms with Crippen LogP contribution in [0.15, 0.2) is 42.0 Å². The zero-order chi connectivity index (χ0) is 11.5. The Balaban J connectivity index is 2.93. The molecular formula is C10H7ClF4. The molecule has 0 saturated carbocycles. The molecule has 0 aliphatic carbocycles. The molecule has 0 N–H and O–H groups in total. The van der Waals surface area contributed by atoms with Gasteiger partial charge in [-0.1, -0.05) is 30.3 Å². The Morgan fingerprint density at radius 1 is 1.13 bits per heavy atom. The molecule has 82 valence electrons. The van der Waals surface area contributed by atoms with Crippen molar-refractivity contribution in [1.29, 1.82) is 0 Å². The molecule has 0 atom stereocenters. The maximum atomic E-state index is 12.6. The number of rotatable bonds is 3. The molecule has 5 heteroatoms. The van der Waals surface area contributed by atoms with Gasteiger partial charge in [0.15, 0.2) is 0 Å². The van der Waals surface area contributed by atoms with Crippen molar-refractivity contribution in [2.45, 2.75) is 11.8 Å². The van der Waals surface area contributed by atoms with E-state index >= 15 is 0 Å². The Morgan fingerprint density at radius 3 is 2.07 bits per heavy atom. The summed E-state index contributed by atoms with van der Waals surface area (Å²) in [6.45, 7) is 0. The third kappa shape index (κ3) is 3.55. The van der Waals surface area contributed by atoms with Gasteiger partial charge in [-0.05, 0) is 17.2 Å². The Hall–Kier alpha value is -1.03. The fourth-order valence-electron chi connectivity index (χ4n) is 1.07. The highest BCUT2D eigenvalue weighted by molar-refractivity contribution is 6.23. The molecule has 0 aliphatic heterocycles. The van der Waals surface area contributed by atoms with E-state index in [-0.39, 0.29) is 0 Å². The van der Waals surface area contributed by atoms with Gasteiger partial charge in [-0.2, -0.15) is 17.6 Å². The van der Waals surface area contributed by atoms with Crippen LogP contribution in [0.3, 0.4) is 0 Å². The van der Waals surface area contributed by atoms with Crippen molar-refractivity contribution in [3.05, 3.63) is 47.5 Å². The van der Waals surface area contributed by atoms with Crippen molar-refractivity contribution in [3.8, 4) is 0 Å². The second-order valence-electron chi connectivity index (χ2n) is 2.90. The number of halogens is 5. The minimum atomic E-state index is -4.01. The van der Waals surface area contributed by atoms with Crippen LogP contribution in [0.5, 0.6) is 0 Å². The van der Waals surface area contributed by atoms with Crippen LogP contribution in [-0.2, 0) is 6.42 Å². The molecule has 0 aromatic heterocycles. The predicted molar refractivity (Wildman–Crippen MR) is 50.2 cm³/mol. The summed E-state index contributed by atoms with van der Waals surface area (Å²) in [4.78, 5) is 0. The Labute approximate surface area is 89.2 Å². The average molecular weight is 239 g/mol. The maximum Gasteiger partial charge on any atom is 0.350 e. The second-order valence-corrected chi connectivity index (χ2v) is 3.37. The number of hydrogen-bond acceptors (Lipinski definition) is 0. The standard InChI is InChI=1S/C10H7ClF4/c11-10(14,15)8(9(12)13)6-7-4-2-1-3-5-7/h1-5H,6H2. The minimum absolute atomic E-state index is 0.362. The number of hydrogen-bond donors (Lipinski definition) is 0. The molecule has 0 aliphatic rings. The SMILES string of the molecule is FC(F)=C(Cc1ccccc1)C(F)(F)Cl. The van der Waals surface area contributed by atoms with E-state index in [0.29, 0.717) is 5.56 Å². The summed E-state index contributed by atoms with van der Waals surface area (Å²) in [5.74, 6) is 0. The van der Waals surface area contributed by atoms with Gasteiger partial charge in [0.05, 0.1) is 5.57 Å². The first kappa shape index (κ1) is 12.0. The van der Waals surface area contributed by atoms with Gasteiger partial charge in [0, 0.05) is 6.42 Å². The number of alkyl halides is 3. The fraction of sp³-hybridized carbons (Fsp3) is 0.200. The summed E-state index contributed by atoms with van der Waals surface area (Å²) in [5.41, 5.74) is -0.990. The average Bonchev–Trinajstić information content (AvgIpc) is 2.13. The van der Waals surface area contributed by atoms with Crippen LogP contribution in [-0.4, -0.2) is 5.38 Å². The first-order valence-electron chi connectivity index (χ1n) is 4.06. The van der Waals surface area contributed by atoms with E-state index in [9.17, 15) is 17.6 Å². The summed E-state index contributed by atoms with van der Waals surface area (Å²) < 4.78 is 49.5. The monoisotopic (exact) mass is 238 g/mol. The normalized spacial score (nSPS) is 11.3. The van der Waals surface area contributed by atoms with E-state index in [2.05, 4.69) is 11.6 Å². The van der Waals surface area contributed by atoms with Crippen LogP contribution < -0.4 is 0 Å². The van der Waals surface area contributed by atoms with Crippen molar-refractivity contribution >= 4 is 11.6 Å². The molecule has 1 rings (SSSR count). The Kier molecular flexibility index (Phi) is 3.74. The maximum absolute atomic E-state index is 12.6. The van der Waals surface area contributed by atoms with E-state index in [1.807, 2.05) is 0 Å². The lowest BCUT2D eigenvalue weighted by atomic mass is 10.1. The number of allylic oxidation sites excluding steroid dienone is 1. The van der Waals surface area contributed by atoms with E-state index in [1.54, 1.807) is 18.2 Å². The lowest BCUT2D eigenvalue weighted by molar-refractivity contribution is 0.127. The van der Waals surface area contributed by atoms with Gasteiger partial charge in [-0.25, -0.2) is 0 Å². The van der Waals surface area contributed by atoms with Crippen LogP contribution in [0, 0.1) is 0 Å². The molecule has 0 unspecified atom stereocenters. The molecule has 0 saturated heterocycles. The van der Waals surface area contributed by atoms with Gasteiger partial charge < -0.3 is 0 Å². The molecule has 0 fully saturated rings. The molecular weight excluding hydrogens is 232 g/mol. The quantitative estimate of drug-likeness (QED) is 0.547. The van der Waals surface area contributed by atoms with Gasteiger partial charge >= 0.3 is 5.38 Å². The van der Waals surface area contributed by atoms with Crippen LogP contribution in [0.1, 0.15) is 5.56 Å². The lowest BCUT2D eigenvalue weighted by Crippen LogP contribution is -2.13. The van der Waals surface area contributed by atoms with Crippen LogP contribution in [0.4, 0.5) is 17.6 Å². The minimum Gasteiger partial charge on any atom is -0.183 e. The largest absolute Gasteiger partial charge is 0.350 e. The Bertz CT molecular complexity index is 349. The van der Waals surface area contributed by atoms with Gasteiger partial charge in [0.2, 0.25) is 0 Å². The van der Waals surface area contributed by atoms with E-state index in [4.69, 9.17) is 0 Å². The van der Waals surface area contributed by atoms with E-state index in [1.165, 1.54) is 12.1 Å². The summed E-state index contributed by atoms with van der Waals surface area (Å²) in [7, 11) is 0. The molecule has 0 amide bonds. The summed E-state index contributed by atoms with van der Waals surface area (Å²) in [6.07, 6.45) is -2.99. The summed E-state index contributed by atoms with van der Waals surface area (Å²) in [5, 5.41) is -4.01. The third-order valence-corrected chi connectivity index (χ3v) is 2.02. The van der Waals surface area contributed by atoms with E-state index < -0.39 is 23.5 Å². The molecule has 0 radical (unpaired) electrons. The molecule has 0 heterocycles. The highest BCUT2D eigenvalue weighted by Gasteiger charge is 2.34. The van der Waals surface area contributed by atoms with Crippen molar-refractivity contribution in [2.75, 3.05) is 0 Å². The van der Waals surface area contributed by atoms with Crippen molar-refractivity contribution in [1.82, 2.24) is 0 Å². The first-order valence-corrected chi connectivity index (χ1v) is 4.44. The van der Waals surface area contributed by atoms with Gasteiger partial charge in [0.1, 0.15) is 0 Å². The Morgan fingerprint density at radius 2 is 1.67 bits per heavy atom. The van der Waals surface area contributed by atoms with Gasteiger partial charge in [-0.3, -0.25) is 0 Å². The molecule has 15 heavy (non-hydrogen) atoms. The van der Waals surface area contributed by atoms with Crippen molar-refractivity contribution < 1.29 is 17.6 Å². The summed E-state index contributed by atoms with van der Waals surface area (Å²) in [6, 6.07) is 7.78. The molecule has 0 bridgehead atoms. The van der Waals surface area contributed by atoms with Crippen molar-refractivity contribution in [3.63, 3.8) is 0 Å². The smallest absolute Gasteiger partial charge is 0.183 e. The molecule has 1 aromatic rings. The van der Waals surface area contributed by atoms with Crippen LogP contribution in [0.25, 0.3) is 0 Å². The third-order valence-electron chi connectivity index (χ3n) is 1.79. The zero-order valence-corrected chi connectivity index (χ0v) is 8.24. The fourth-order valence-corrected chi connectivity index (χ4v) is 1.21. The highest BCUT2D eigenvalue weighted by Crippen LogP contribution is 2.34.